The summed E-state index contributed by atoms with van der Waals surface area (Å²) in [5.74, 6) is 0. The highest BCUT2D eigenvalue weighted by Gasteiger charge is 2.18. The van der Waals surface area contributed by atoms with Gasteiger partial charge in [-0.15, -0.1) is 0 Å². The molecule has 0 amide bonds. The van der Waals surface area contributed by atoms with Crippen molar-refractivity contribution in [2.24, 2.45) is 5.73 Å². The predicted molar refractivity (Wildman–Crippen MR) is 87.6 cm³/mol. The van der Waals surface area contributed by atoms with Crippen molar-refractivity contribution in [1.29, 1.82) is 0 Å². The Kier molecular flexibility index (Phi) is 3.08. The van der Waals surface area contributed by atoms with Gasteiger partial charge in [0.1, 0.15) is 11.2 Å². The first-order valence-electron chi connectivity index (χ1n) is 7.73. The minimum Gasteiger partial charge on any atom is -0.456 e. The minimum absolute atomic E-state index is 0.392. The van der Waals surface area contributed by atoms with E-state index >= 15 is 0 Å². The quantitative estimate of drug-likeness (QED) is 0.737. The van der Waals surface area contributed by atoms with Gasteiger partial charge in [-0.1, -0.05) is 18.2 Å². The molecule has 2 aromatic carbocycles. The second-order valence-electron chi connectivity index (χ2n) is 6.07. The number of nitrogens with two attached hydrogens (primary N) is 1. The Morgan fingerprint density at radius 1 is 0.905 bits per heavy atom. The standard InChI is InChI=1S/C18H20N2O/c19-12-5-7-13(8-6-12)20-14-9-10-18-16(11-14)15-3-1-2-4-17(15)21-18/h1-4,9-13,20H,5-8,19H2. The zero-order valence-electron chi connectivity index (χ0n) is 12.0. The lowest BCUT2D eigenvalue weighted by Gasteiger charge is -2.27. The Bertz CT molecular complexity index is 769. The van der Waals surface area contributed by atoms with Crippen molar-refractivity contribution < 1.29 is 4.42 Å². The number of benzene rings is 2. The van der Waals surface area contributed by atoms with Crippen LogP contribution in [0, 0.1) is 0 Å². The van der Waals surface area contributed by atoms with Gasteiger partial charge in [-0.2, -0.15) is 0 Å². The summed E-state index contributed by atoms with van der Waals surface area (Å²) in [6.07, 6.45) is 4.56. The smallest absolute Gasteiger partial charge is 0.135 e. The summed E-state index contributed by atoms with van der Waals surface area (Å²) >= 11 is 0. The summed E-state index contributed by atoms with van der Waals surface area (Å²) < 4.78 is 5.87. The molecule has 1 aliphatic rings. The molecule has 3 nitrogen and oxygen atoms in total. The van der Waals surface area contributed by atoms with Crippen molar-refractivity contribution in [2.75, 3.05) is 5.32 Å². The number of anilines is 1. The summed E-state index contributed by atoms with van der Waals surface area (Å²) in [6.45, 7) is 0. The SMILES string of the molecule is NC1CCC(Nc2ccc3oc4ccccc4c3c2)CC1. The fraction of sp³-hybridized carbons (Fsp3) is 0.333. The van der Waals surface area contributed by atoms with Crippen LogP contribution in [0.3, 0.4) is 0 Å². The lowest BCUT2D eigenvalue weighted by Crippen LogP contribution is -2.32. The third-order valence-electron chi connectivity index (χ3n) is 4.52. The highest BCUT2D eigenvalue weighted by molar-refractivity contribution is 6.05. The molecular weight excluding hydrogens is 260 g/mol. The summed E-state index contributed by atoms with van der Waals surface area (Å²) in [7, 11) is 0. The van der Waals surface area contributed by atoms with Crippen molar-refractivity contribution in [2.45, 2.75) is 37.8 Å². The van der Waals surface area contributed by atoms with Gasteiger partial charge in [0.05, 0.1) is 0 Å². The van der Waals surface area contributed by atoms with Crippen molar-refractivity contribution in [3.05, 3.63) is 42.5 Å². The van der Waals surface area contributed by atoms with Gasteiger partial charge in [0, 0.05) is 28.5 Å². The molecule has 3 aromatic rings. The summed E-state index contributed by atoms with van der Waals surface area (Å²) in [5, 5.41) is 6.02. The highest BCUT2D eigenvalue weighted by Crippen LogP contribution is 2.31. The lowest BCUT2D eigenvalue weighted by molar-refractivity contribution is 0.411. The monoisotopic (exact) mass is 280 g/mol. The molecule has 1 aromatic heterocycles. The van der Waals surface area contributed by atoms with Gasteiger partial charge in [-0.05, 0) is 49.9 Å². The van der Waals surface area contributed by atoms with Gasteiger partial charge in [0.25, 0.3) is 0 Å². The second kappa shape index (κ2) is 5.08. The number of para-hydroxylation sites is 1. The van der Waals surface area contributed by atoms with Crippen molar-refractivity contribution in [3.63, 3.8) is 0 Å². The molecular formula is C18H20N2O. The zero-order valence-corrected chi connectivity index (χ0v) is 12.0. The molecule has 3 N–H and O–H groups in total. The molecule has 1 heterocycles. The van der Waals surface area contributed by atoms with E-state index in [-0.39, 0.29) is 0 Å². The topological polar surface area (TPSA) is 51.2 Å². The molecule has 0 unspecified atom stereocenters. The number of fused-ring (bicyclic) bond motifs is 3. The van der Waals surface area contributed by atoms with Gasteiger partial charge in [0.2, 0.25) is 0 Å². The number of nitrogens with one attached hydrogen (secondary N) is 1. The van der Waals surface area contributed by atoms with Crippen LogP contribution in [0.25, 0.3) is 21.9 Å². The van der Waals surface area contributed by atoms with Crippen LogP contribution in [0.5, 0.6) is 0 Å². The highest BCUT2D eigenvalue weighted by atomic mass is 16.3. The number of rotatable bonds is 2. The van der Waals surface area contributed by atoms with Crippen LogP contribution in [0.4, 0.5) is 5.69 Å². The normalized spacial score (nSPS) is 22.7. The molecule has 21 heavy (non-hydrogen) atoms. The summed E-state index contributed by atoms with van der Waals surface area (Å²) in [6, 6.07) is 15.5. The average Bonchev–Trinajstić information content (AvgIpc) is 2.88. The van der Waals surface area contributed by atoms with E-state index in [4.69, 9.17) is 10.2 Å². The molecule has 3 heteroatoms. The third kappa shape index (κ3) is 2.38. The van der Waals surface area contributed by atoms with E-state index < -0.39 is 0 Å². The summed E-state index contributed by atoms with van der Waals surface area (Å²) in [5.41, 5.74) is 9.05. The Hall–Kier alpha value is -2.00. The Morgan fingerprint density at radius 3 is 2.52 bits per heavy atom. The second-order valence-corrected chi connectivity index (χ2v) is 6.07. The van der Waals surface area contributed by atoms with E-state index in [0.29, 0.717) is 12.1 Å². The first-order chi connectivity index (χ1) is 10.3. The van der Waals surface area contributed by atoms with E-state index in [0.717, 1.165) is 36.8 Å². The molecule has 1 aliphatic carbocycles. The molecule has 0 radical (unpaired) electrons. The zero-order chi connectivity index (χ0) is 14.2. The summed E-state index contributed by atoms with van der Waals surface area (Å²) in [4.78, 5) is 0. The molecule has 0 spiro atoms. The predicted octanol–water partition coefficient (Wildman–Crippen LogP) is 4.27. The molecule has 0 aliphatic heterocycles. The fourth-order valence-corrected chi connectivity index (χ4v) is 3.32. The molecule has 4 rings (SSSR count). The number of hydrogen-bond acceptors (Lipinski definition) is 3. The van der Waals surface area contributed by atoms with Gasteiger partial charge >= 0.3 is 0 Å². The van der Waals surface area contributed by atoms with Crippen molar-refractivity contribution in [1.82, 2.24) is 0 Å². The van der Waals surface area contributed by atoms with E-state index in [9.17, 15) is 0 Å². The van der Waals surface area contributed by atoms with Crippen LogP contribution in [0.1, 0.15) is 25.7 Å². The van der Waals surface area contributed by atoms with Gasteiger partial charge in [0.15, 0.2) is 0 Å². The molecule has 108 valence electrons. The fourth-order valence-electron chi connectivity index (χ4n) is 3.32. The van der Waals surface area contributed by atoms with Gasteiger partial charge < -0.3 is 15.5 Å². The van der Waals surface area contributed by atoms with E-state index in [1.54, 1.807) is 0 Å². The third-order valence-corrected chi connectivity index (χ3v) is 4.52. The minimum atomic E-state index is 0.392. The Labute approximate surface area is 124 Å². The first-order valence-corrected chi connectivity index (χ1v) is 7.73. The maximum Gasteiger partial charge on any atom is 0.135 e. The van der Waals surface area contributed by atoms with Crippen LogP contribution in [0.15, 0.2) is 46.9 Å². The lowest BCUT2D eigenvalue weighted by atomic mass is 9.91. The van der Waals surface area contributed by atoms with Crippen LogP contribution < -0.4 is 11.1 Å². The van der Waals surface area contributed by atoms with Crippen molar-refractivity contribution >= 4 is 27.6 Å². The Morgan fingerprint density at radius 2 is 1.67 bits per heavy atom. The van der Waals surface area contributed by atoms with Crippen LogP contribution in [-0.2, 0) is 0 Å². The van der Waals surface area contributed by atoms with Crippen molar-refractivity contribution in [3.8, 4) is 0 Å². The average molecular weight is 280 g/mol. The van der Waals surface area contributed by atoms with Crippen LogP contribution in [0.2, 0.25) is 0 Å². The van der Waals surface area contributed by atoms with E-state index in [2.05, 4.69) is 35.6 Å². The maximum atomic E-state index is 5.97. The molecule has 0 bridgehead atoms. The largest absolute Gasteiger partial charge is 0.456 e. The molecule has 0 saturated heterocycles. The number of hydrogen-bond donors (Lipinski definition) is 2. The van der Waals surface area contributed by atoms with E-state index in [1.165, 1.54) is 16.5 Å². The Balaban J connectivity index is 1.65. The number of furan rings is 1. The van der Waals surface area contributed by atoms with Crippen LogP contribution >= 0.6 is 0 Å². The van der Waals surface area contributed by atoms with Crippen LogP contribution in [-0.4, -0.2) is 12.1 Å². The maximum absolute atomic E-state index is 5.97. The first kappa shape index (κ1) is 12.7. The van der Waals surface area contributed by atoms with Gasteiger partial charge in [-0.3, -0.25) is 0 Å². The van der Waals surface area contributed by atoms with Gasteiger partial charge in [-0.25, -0.2) is 0 Å². The van der Waals surface area contributed by atoms with E-state index in [1.807, 2.05) is 12.1 Å². The molecule has 1 saturated carbocycles. The molecule has 0 atom stereocenters. The molecule has 1 fully saturated rings.